The lowest BCUT2D eigenvalue weighted by molar-refractivity contribution is -0.133. The monoisotopic (exact) mass is 312 g/mol. The quantitative estimate of drug-likeness (QED) is 0.739. The Kier molecular flexibility index (Phi) is 6.20. The fraction of sp³-hybridized carbons (Fsp3) is 0.875. The molecular formula is C16H28N2O4. The molecule has 0 aromatic heterocycles. The number of hydrogen-bond donors (Lipinski definition) is 2. The summed E-state index contributed by atoms with van der Waals surface area (Å²) in [7, 11) is 0. The van der Waals surface area contributed by atoms with Gasteiger partial charge < -0.3 is 20.1 Å². The minimum Gasteiger partial charge on any atom is -0.368 e. The number of amides is 2. The second kappa shape index (κ2) is 7.92. The molecule has 2 amide bonds. The molecule has 2 rings (SSSR count). The highest BCUT2D eigenvalue weighted by Gasteiger charge is 2.32. The van der Waals surface area contributed by atoms with Gasteiger partial charge in [-0.05, 0) is 39.0 Å². The van der Waals surface area contributed by atoms with Gasteiger partial charge in [0, 0.05) is 19.8 Å². The van der Waals surface area contributed by atoms with Crippen molar-refractivity contribution in [1.82, 2.24) is 10.6 Å². The summed E-state index contributed by atoms with van der Waals surface area (Å²) >= 11 is 0. The Morgan fingerprint density at radius 3 is 2.18 bits per heavy atom. The van der Waals surface area contributed by atoms with Crippen molar-refractivity contribution in [3.8, 4) is 0 Å². The van der Waals surface area contributed by atoms with E-state index >= 15 is 0 Å². The minimum atomic E-state index is -0.452. The van der Waals surface area contributed by atoms with Crippen LogP contribution in [0.3, 0.4) is 0 Å². The number of ether oxygens (including phenoxy) is 2. The molecule has 0 aliphatic carbocycles. The molecule has 6 heteroatoms. The Morgan fingerprint density at radius 1 is 1.09 bits per heavy atom. The van der Waals surface area contributed by atoms with Gasteiger partial charge in [-0.15, -0.1) is 0 Å². The van der Waals surface area contributed by atoms with Crippen LogP contribution < -0.4 is 10.6 Å². The Labute approximate surface area is 132 Å². The van der Waals surface area contributed by atoms with Crippen molar-refractivity contribution < 1.29 is 19.1 Å². The van der Waals surface area contributed by atoms with E-state index < -0.39 is 5.54 Å². The van der Waals surface area contributed by atoms with Crippen molar-refractivity contribution >= 4 is 11.8 Å². The van der Waals surface area contributed by atoms with Gasteiger partial charge in [0.25, 0.3) is 0 Å². The molecule has 0 bridgehead atoms. The van der Waals surface area contributed by atoms with Crippen LogP contribution in [0.2, 0.25) is 0 Å². The molecule has 0 spiro atoms. The highest BCUT2D eigenvalue weighted by molar-refractivity contribution is 5.82. The van der Waals surface area contributed by atoms with Gasteiger partial charge in [-0.1, -0.05) is 13.3 Å². The van der Waals surface area contributed by atoms with Crippen molar-refractivity contribution in [1.29, 1.82) is 0 Å². The van der Waals surface area contributed by atoms with E-state index in [9.17, 15) is 9.59 Å². The molecule has 6 nitrogen and oxygen atoms in total. The van der Waals surface area contributed by atoms with E-state index in [1.165, 1.54) is 0 Å². The molecule has 2 heterocycles. The summed E-state index contributed by atoms with van der Waals surface area (Å²) in [6, 6.07) is 0. The zero-order valence-electron chi connectivity index (χ0n) is 13.7. The summed E-state index contributed by atoms with van der Waals surface area (Å²) in [6.07, 6.45) is 4.47. The third kappa shape index (κ3) is 4.68. The maximum absolute atomic E-state index is 12.3. The number of rotatable bonds is 7. The predicted octanol–water partition coefficient (Wildman–Crippen LogP) is 1.14. The first-order valence-corrected chi connectivity index (χ1v) is 8.37. The minimum absolute atomic E-state index is 0.0696. The van der Waals surface area contributed by atoms with Gasteiger partial charge in [-0.25, -0.2) is 0 Å². The first-order chi connectivity index (χ1) is 10.5. The molecule has 3 atom stereocenters. The van der Waals surface area contributed by atoms with Gasteiger partial charge in [0.05, 0.1) is 5.54 Å². The zero-order valence-corrected chi connectivity index (χ0v) is 13.7. The molecule has 2 aliphatic heterocycles. The largest absolute Gasteiger partial charge is 0.368 e. The second-order valence-electron chi connectivity index (χ2n) is 6.52. The van der Waals surface area contributed by atoms with Crippen LogP contribution in [0.25, 0.3) is 0 Å². The van der Waals surface area contributed by atoms with E-state index in [4.69, 9.17) is 9.47 Å². The molecule has 2 aliphatic rings. The molecule has 126 valence electrons. The fourth-order valence-corrected chi connectivity index (χ4v) is 3.09. The summed E-state index contributed by atoms with van der Waals surface area (Å²) in [6.45, 7) is 5.76. The SMILES string of the molecule is CCC[C@](C)(CNC(=O)[C@H]1CCCO1)NC(=O)[C@H]1CCCO1. The molecule has 0 aromatic carbocycles. The lowest BCUT2D eigenvalue weighted by atomic mass is 9.95. The standard InChI is InChI=1S/C16H28N2O4/c1-3-8-16(2,18-15(20)13-7-5-10-22-13)11-17-14(19)12-6-4-9-21-12/h12-13H,3-11H2,1-2H3,(H,17,19)(H,18,20)/t12-,13-,16-/m1/s1. The summed E-state index contributed by atoms with van der Waals surface area (Å²) in [5.41, 5.74) is -0.452. The average molecular weight is 312 g/mol. The second-order valence-corrected chi connectivity index (χ2v) is 6.52. The summed E-state index contributed by atoms with van der Waals surface area (Å²) < 4.78 is 10.8. The molecule has 2 saturated heterocycles. The molecule has 0 aromatic rings. The van der Waals surface area contributed by atoms with Crippen molar-refractivity contribution in [2.24, 2.45) is 0 Å². The van der Waals surface area contributed by atoms with Crippen molar-refractivity contribution in [3.05, 3.63) is 0 Å². The molecule has 0 radical (unpaired) electrons. The normalized spacial score (nSPS) is 27.4. The van der Waals surface area contributed by atoms with Crippen molar-refractivity contribution in [2.45, 2.75) is 70.1 Å². The summed E-state index contributed by atoms with van der Waals surface area (Å²) in [4.78, 5) is 24.3. The maximum Gasteiger partial charge on any atom is 0.249 e. The summed E-state index contributed by atoms with van der Waals surface area (Å²) in [5, 5.41) is 5.99. The van der Waals surface area contributed by atoms with Gasteiger partial charge in [-0.3, -0.25) is 9.59 Å². The van der Waals surface area contributed by atoms with E-state index in [0.29, 0.717) is 19.8 Å². The molecule has 0 unspecified atom stereocenters. The van der Waals surface area contributed by atoms with E-state index in [1.54, 1.807) is 0 Å². The number of carbonyl (C=O) groups is 2. The van der Waals surface area contributed by atoms with E-state index in [2.05, 4.69) is 17.6 Å². The van der Waals surface area contributed by atoms with Crippen molar-refractivity contribution in [2.75, 3.05) is 19.8 Å². The van der Waals surface area contributed by atoms with Crippen molar-refractivity contribution in [3.63, 3.8) is 0 Å². The van der Waals surface area contributed by atoms with Gasteiger partial charge in [0.1, 0.15) is 12.2 Å². The smallest absolute Gasteiger partial charge is 0.249 e. The Hall–Kier alpha value is -1.14. The number of nitrogens with one attached hydrogen (secondary N) is 2. The van der Waals surface area contributed by atoms with Gasteiger partial charge in [0.15, 0.2) is 0 Å². The van der Waals surface area contributed by atoms with Crippen LogP contribution in [-0.2, 0) is 19.1 Å². The zero-order chi connectivity index (χ0) is 16.0. The van der Waals surface area contributed by atoms with Crippen LogP contribution >= 0.6 is 0 Å². The van der Waals surface area contributed by atoms with Crippen LogP contribution in [-0.4, -0.2) is 49.3 Å². The first kappa shape index (κ1) is 17.2. The highest BCUT2D eigenvalue weighted by Crippen LogP contribution is 2.17. The Bertz CT molecular complexity index is 390. The van der Waals surface area contributed by atoms with Gasteiger partial charge in [-0.2, -0.15) is 0 Å². The summed E-state index contributed by atoms with van der Waals surface area (Å²) in [5.74, 6) is -0.147. The molecule has 2 fully saturated rings. The van der Waals surface area contributed by atoms with Crippen LogP contribution in [0.5, 0.6) is 0 Å². The third-order valence-corrected chi connectivity index (χ3v) is 4.32. The lowest BCUT2D eigenvalue weighted by Gasteiger charge is -2.32. The van der Waals surface area contributed by atoms with Crippen LogP contribution in [0.1, 0.15) is 52.4 Å². The number of carbonyl (C=O) groups excluding carboxylic acids is 2. The third-order valence-electron chi connectivity index (χ3n) is 4.32. The first-order valence-electron chi connectivity index (χ1n) is 8.37. The number of hydrogen-bond acceptors (Lipinski definition) is 4. The average Bonchev–Trinajstić information content (AvgIpc) is 3.17. The Morgan fingerprint density at radius 2 is 1.68 bits per heavy atom. The predicted molar refractivity (Wildman–Crippen MR) is 82.4 cm³/mol. The molecule has 0 saturated carbocycles. The molecule has 2 N–H and O–H groups in total. The topological polar surface area (TPSA) is 76.7 Å². The molecular weight excluding hydrogens is 284 g/mol. The van der Waals surface area contributed by atoms with E-state index in [1.807, 2.05) is 6.92 Å². The van der Waals surface area contributed by atoms with Crippen LogP contribution in [0, 0.1) is 0 Å². The van der Waals surface area contributed by atoms with E-state index in [-0.39, 0.29) is 24.0 Å². The fourth-order valence-electron chi connectivity index (χ4n) is 3.09. The van der Waals surface area contributed by atoms with Gasteiger partial charge in [0.2, 0.25) is 11.8 Å². The van der Waals surface area contributed by atoms with Gasteiger partial charge >= 0.3 is 0 Å². The molecule has 22 heavy (non-hydrogen) atoms. The lowest BCUT2D eigenvalue weighted by Crippen LogP contribution is -2.56. The van der Waals surface area contributed by atoms with E-state index in [0.717, 1.165) is 38.5 Å². The maximum atomic E-state index is 12.3. The van der Waals surface area contributed by atoms with Crippen LogP contribution in [0.4, 0.5) is 0 Å². The Balaban J connectivity index is 1.85. The highest BCUT2D eigenvalue weighted by atomic mass is 16.5. The van der Waals surface area contributed by atoms with Crippen LogP contribution in [0.15, 0.2) is 0 Å².